The molecule has 256 valence electrons. The molecule has 3 aliphatic rings. The number of aliphatic carboxylic acids is 4. The summed E-state index contributed by atoms with van der Waals surface area (Å²) in [5.74, 6) is 2.57. The van der Waals surface area contributed by atoms with E-state index in [0.29, 0.717) is 23.8 Å². The van der Waals surface area contributed by atoms with Crippen LogP contribution in [0.3, 0.4) is 0 Å². The first-order valence-electron chi connectivity index (χ1n) is 16.0. The Morgan fingerprint density at radius 2 is 1.40 bits per heavy atom. The molecule has 48 heavy (non-hydrogen) atoms. The molecule has 1 heterocycles. The molecule has 0 amide bonds. The number of carboxylic acids is 4. The van der Waals surface area contributed by atoms with E-state index < -0.39 is 61.1 Å². The fraction of sp³-hybridized carbons (Fsp3) is 0.514. The number of phenols is 1. The summed E-state index contributed by atoms with van der Waals surface area (Å²) >= 11 is 0. The average molecular weight is 664 g/mol. The molecule has 13 nitrogen and oxygen atoms in total. The first-order valence-corrected chi connectivity index (χ1v) is 16.0. The van der Waals surface area contributed by atoms with Crippen molar-refractivity contribution in [1.82, 2.24) is 14.8 Å². The maximum Gasteiger partial charge on any atom is 0.317 e. The molecule has 2 aromatic rings. The largest absolute Gasteiger partial charge is 0.508 e. The fourth-order valence-electron chi connectivity index (χ4n) is 8.41. The second-order valence-corrected chi connectivity index (χ2v) is 13.6. The zero-order valence-corrected chi connectivity index (χ0v) is 26.8. The Balaban J connectivity index is 1.45. The highest BCUT2D eigenvalue weighted by Gasteiger charge is 2.61. The van der Waals surface area contributed by atoms with Crippen molar-refractivity contribution in [2.75, 3.05) is 26.2 Å². The van der Waals surface area contributed by atoms with Crippen molar-refractivity contribution >= 4 is 23.9 Å². The third-order valence-corrected chi connectivity index (χ3v) is 10.4. The van der Waals surface area contributed by atoms with E-state index in [9.17, 15) is 49.8 Å². The van der Waals surface area contributed by atoms with Gasteiger partial charge >= 0.3 is 23.9 Å². The standard InChI is InChI=1S/C35H41N3O10/c1-34-9-7-27-26-5-3-25(39)14-22(26)2-4-28(27)29(34)8-11-35(34,48)10-6-21-12-23(15-37(17-30(40)41)18-31(42)43)36-24(13-21)16-38(19-32(44)45)20-33(46)47/h3,5,12-14,27-29,39,48H,2,4,7-9,11,15-20H2,1H3,(H,40,41)(H,42,43)(H,44,45)(H,46,47)/t27?,28?,29?,34-,35-/m0/s1. The fourth-order valence-corrected chi connectivity index (χ4v) is 8.41. The van der Waals surface area contributed by atoms with Crippen LogP contribution in [0.5, 0.6) is 5.75 Å². The quantitative estimate of drug-likeness (QED) is 0.181. The number of hydrogen-bond donors (Lipinski definition) is 6. The second-order valence-electron chi connectivity index (χ2n) is 13.6. The SMILES string of the molecule is C[C@]12CCC3c4ccc(O)cc4CCC3C1CC[C@@]2(O)C#Cc1cc(CN(CC(=O)O)CC(=O)O)nc(CN(CC(=O)O)CC(=O)O)c1. The third-order valence-electron chi connectivity index (χ3n) is 10.4. The molecule has 5 rings (SSSR count). The first-order chi connectivity index (χ1) is 22.7. The number of hydrogen-bond acceptors (Lipinski definition) is 9. The molecule has 2 fully saturated rings. The van der Waals surface area contributed by atoms with Gasteiger partial charge in [0.1, 0.15) is 11.4 Å². The van der Waals surface area contributed by atoms with Crippen molar-refractivity contribution < 1.29 is 49.8 Å². The van der Waals surface area contributed by atoms with Crippen LogP contribution in [0.15, 0.2) is 30.3 Å². The number of pyridine rings is 1. The lowest BCUT2D eigenvalue weighted by molar-refractivity contribution is -0.144. The molecule has 5 atom stereocenters. The van der Waals surface area contributed by atoms with Crippen molar-refractivity contribution in [3.63, 3.8) is 0 Å². The molecule has 1 aromatic carbocycles. The minimum absolute atomic E-state index is 0.175. The number of aliphatic hydroxyl groups is 1. The molecule has 0 bridgehead atoms. The van der Waals surface area contributed by atoms with Crippen LogP contribution in [0, 0.1) is 29.1 Å². The number of aromatic nitrogens is 1. The van der Waals surface area contributed by atoms with Crippen molar-refractivity contribution in [2.45, 2.75) is 70.1 Å². The van der Waals surface area contributed by atoms with Crippen LogP contribution >= 0.6 is 0 Å². The van der Waals surface area contributed by atoms with Gasteiger partial charge in [0.15, 0.2) is 0 Å². The van der Waals surface area contributed by atoms with E-state index >= 15 is 0 Å². The number of aryl methyl sites for hydroxylation is 1. The average Bonchev–Trinajstić information content (AvgIpc) is 3.24. The maximum atomic E-state index is 12.2. The molecule has 0 radical (unpaired) electrons. The summed E-state index contributed by atoms with van der Waals surface area (Å²) in [6.07, 6.45) is 4.76. The Morgan fingerprint density at radius 1 is 0.833 bits per heavy atom. The van der Waals surface area contributed by atoms with Gasteiger partial charge in [0.25, 0.3) is 0 Å². The van der Waals surface area contributed by atoms with E-state index in [1.807, 2.05) is 12.1 Å². The second kappa shape index (κ2) is 13.9. The summed E-state index contributed by atoms with van der Waals surface area (Å²) in [7, 11) is 0. The predicted octanol–water partition coefficient (Wildman–Crippen LogP) is 2.37. The molecule has 0 saturated heterocycles. The van der Waals surface area contributed by atoms with Gasteiger partial charge in [-0.25, -0.2) is 0 Å². The van der Waals surface area contributed by atoms with Crippen molar-refractivity contribution in [1.29, 1.82) is 0 Å². The molecule has 6 N–H and O–H groups in total. The minimum Gasteiger partial charge on any atom is -0.508 e. The van der Waals surface area contributed by atoms with Gasteiger partial charge < -0.3 is 30.6 Å². The topological polar surface area (TPSA) is 209 Å². The number of fused-ring (bicyclic) bond motifs is 5. The van der Waals surface area contributed by atoms with E-state index in [1.165, 1.54) is 20.9 Å². The summed E-state index contributed by atoms with van der Waals surface area (Å²) in [5, 5.41) is 59.4. The number of benzene rings is 1. The smallest absolute Gasteiger partial charge is 0.317 e. The number of aromatic hydroxyl groups is 1. The van der Waals surface area contributed by atoms with E-state index in [2.05, 4.69) is 23.7 Å². The highest BCUT2D eigenvalue weighted by molar-refractivity contribution is 5.73. The summed E-state index contributed by atoms with van der Waals surface area (Å²) < 4.78 is 0. The Morgan fingerprint density at radius 3 is 1.94 bits per heavy atom. The van der Waals surface area contributed by atoms with Crippen molar-refractivity contribution in [3.05, 3.63) is 58.4 Å². The molecule has 0 spiro atoms. The van der Waals surface area contributed by atoms with Crippen LogP contribution in [0.2, 0.25) is 0 Å². The summed E-state index contributed by atoms with van der Waals surface area (Å²) in [5.41, 5.74) is 1.61. The number of phenolic OH excluding ortho intramolecular Hbond substituents is 1. The Bertz CT molecular complexity index is 1580. The molecule has 1 aromatic heterocycles. The van der Waals surface area contributed by atoms with Gasteiger partial charge in [-0.2, -0.15) is 0 Å². The Kier molecular flexibility index (Phi) is 10.1. The molecule has 3 unspecified atom stereocenters. The molecule has 2 saturated carbocycles. The molecular formula is C35H41N3O10. The monoisotopic (exact) mass is 663 g/mol. The van der Waals surface area contributed by atoms with E-state index in [-0.39, 0.29) is 36.1 Å². The third kappa shape index (κ3) is 7.62. The van der Waals surface area contributed by atoms with Crippen LogP contribution in [0.1, 0.15) is 73.0 Å². The molecular weight excluding hydrogens is 622 g/mol. The van der Waals surface area contributed by atoms with E-state index in [0.717, 1.165) is 32.1 Å². The minimum atomic E-state index is -1.31. The van der Waals surface area contributed by atoms with Gasteiger partial charge in [0, 0.05) is 24.1 Å². The van der Waals surface area contributed by atoms with Crippen LogP contribution in [0.4, 0.5) is 0 Å². The maximum absolute atomic E-state index is 12.2. The van der Waals surface area contributed by atoms with Gasteiger partial charge in [-0.15, -0.1) is 0 Å². The highest BCUT2D eigenvalue weighted by atomic mass is 16.4. The lowest BCUT2D eigenvalue weighted by Crippen LogP contribution is -2.50. The predicted molar refractivity (Wildman–Crippen MR) is 170 cm³/mol. The van der Waals surface area contributed by atoms with Gasteiger partial charge in [-0.3, -0.25) is 34.0 Å². The van der Waals surface area contributed by atoms with Gasteiger partial charge in [-0.05, 0) is 91.7 Å². The Labute approximate surface area is 277 Å². The van der Waals surface area contributed by atoms with Gasteiger partial charge in [0.05, 0.1) is 37.6 Å². The number of carboxylic acid groups (broad SMARTS) is 4. The lowest BCUT2D eigenvalue weighted by atomic mass is 9.53. The van der Waals surface area contributed by atoms with Crippen LogP contribution < -0.4 is 0 Å². The molecule has 3 aliphatic carbocycles. The van der Waals surface area contributed by atoms with Gasteiger partial charge in [-0.1, -0.05) is 24.8 Å². The van der Waals surface area contributed by atoms with Crippen molar-refractivity contribution in [3.8, 4) is 17.6 Å². The highest BCUT2D eigenvalue weighted by Crippen LogP contribution is 2.64. The zero-order chi connectivity index (χ0) is 34.8. The number of nitrogens with zero attached hydrogens (tertiary/aromatic N) is 3. The van der Waals surface area contributed by atoms with Gasteiger partial charge in [0.2, 0.25) is 0 Å². The zero-order valence-electron chi connectivity index (χ0n) is 26.8. The van der Waals surface area contributed by atoms with Crippen LogP contribution in [-0.4, -0.2) is 101 Å². The van der Waals surface area contributed by atoms with E-state index in [1.54, 1.807) is 18.2 Å². The number of carbonyl (C=O) groups is 4. The molecule has 13 heteroatoms. The van der Waals surface area contributed by atoms with Crippen LogP contribution in [0.25, 0.3) is 0 Å². The summed E-state index contributed by atoms with van der Waals surface area (Å²) in [6, 6.07) is 8.79. The first kappa shape index (κ1) is 34.8. The van der Waals surface area contributed by atoms with E-state index in [4.69, 9.17) is 0 Å². The van der Waals surface area contributed by atoms with Crippen LogP contribution in [-0.2, 0) is 38.7 Å². The summed E-state index contributed by atoms with van der Waals surface area (Å²) in [6.45, 7) is -0.534. The Hall–Kier alpha value is -4.51. The number of rotatable bonds is 12. The normalized spacial score (nSPS) is 25.8. The summed E-state index contributed by atoms with van der Waals surface area (Å²) in [4.78, 5) is 52.5. The van der Waals surface area contributed by atoms with Crippen molar-refractivity contribution in [2.24, 2.45) is 17.3 Å². The lowest BCUT2D eigenvalue weighted by Gasteiger charge is -2.52. The molecule has 0 aliphatic heterocycles.